The number of carbonyl (C=O) groups excluding carboxylic acids is 2. The molecule has 0 aliphatic carbocycles. The number of hydrogen-bond donors (Lipinski definition) is 1. The number of urea groups is 1. The van der Waals surface area contributed by atoms with Crippen LogP contribution in [0.15, 0.2) is 30.3 Å². The molecule has 3 fully saturated rings. The number of benzene rings is 1. The number of rotatable bonds is 3. The summed E-state index contributed by atoms with van der Waals surface area (Å²) in [6, 6.07) is 10.1. The van der Waals surface area contributed by atoms with Gasteiger partial charge in [0.1, 0.15) is 0 Å². The maximum atomic E-state index is 12.9. The van der Waals surface area contributed by atoms with Gasteiger partial charge in [-0.3, -0.25) is 9.69 Å². The van der Waals surface area contributed by atoms with E-state index in [9.17, 15) is 9.59 Å². The van der Waals surface area contributed by atoms with Gasteiger partial charge in [0.15, 0.2) is 0 Å². The molecule has 3 heterocycles. The van der Waals surface area contributed by atoms with E-state index in [4.69, 9.17) is 4.74 Å². The van der Waals surface area contributed by atoms with Crippen LogP contribution in [0, 0.1) is 5.92 Å². The quantitative estimate of drug-likeness (QED) is 0.845. The third-order valence-electron chi connectivity index (χ3n) is 6.42. The molecule has 3 aliphatic rings. The van der Waals surface area contributed by atoms with Gasteiger partial charge in [-0.05, 0) is 44.4 Å². The number of hydrogen-bond acceptors (Lipinski definition) is 4. The number of anilines is 1. The largest absolute Gasteiger partial charge is 0.378 e. The molecule has 0 aromatic heterocycles. The predicted molar refractivity (Wildman–Crippen MR) is 112 cm³/mol. The van der Waals surface area contributed by atoms with E-state index < -0.39 is 0 Å². The van der Waals surface area contributed by atoms with Crippen LogP contribution in [0.4, 0.5) is 10.5 Å². The average molecular weight is 401 g/mol. The highest BCUT2D eigenvalue weighted by Crippen LogP contribution is 2.25. The summed E-state index contributed by atoms with van der Waals surface area (Å²) in [5, 5.41) is 2.98. The molecule has 1 N–H and O–H groups in total. The first-order valence-electron chi connectivity index (χ1n) is 10.9. The molecule has 3 aliphatic heterocycles. The SMILES string of the molecule is O=C(Nc1ccccc1)N1CCC(N2CCC[C@H](C(=O)N3CCOCC3)C2)CC1. The average Bonchev–Trinajstić information content (AvgIpc) is 2.80. The van der Waals surface area contributed by atoms with E-state index in [-0.39, 0.29) is 11.9 Å². The zero-order valence-corrected chi connectivity index (χ0v) is 17.1. The molecule has 1 atom stereocenters. The highest BCUT2D eigenvalue weighted by atomic mass is 16.5. The third kappa shape index (κ3) is 5.08. The zero-order chi connectivity index (χ0) is 20.1. The Balaban J connectivity index is 1.25. The molecular formula is C22H32N4O3. The monoisotopic (exact) mass is 400 g/mol. The van der Waals surface area contributed by atoms with Crippen LogP contribution in [0.3, 0.4) is 0 Å². The van der Waals surface area contributed by atoms with Gasteiger partial charge in [-0.1, -0.05) is 18.2 Å². The van der Waals surface area contributed by atoms with E-state index in [2.05, 4.69) is 10.2 Å². The molecule has 0 spiro atoms. The lowest BCUT2D eigenvalue weighted by Crippen LogP contribution is -2.53. The summed E-state index contributed by atoms with van der Waals surface area (Å²) in [4.78, 5) is 31.8. The van der Waals surface area contributed by atoms with E-state index in [1.54, 1.807) is 0 Å². The molecule has 7 heteroatoms. The molecule has 3 saturated heterocycles. The van der Waals surface area contributed by atoms with Crippen LogP contribution in [0.2, 0.25) is 0 Å². The first kappa shape index (κ1) is 20.2. The van der Waals surface area contributed by atoms with Crippen LogP contribution in [0.5, 0.6) is 0 Å². The lowest BCUT2D eigenvalue weighted by atomic mass is 9.92. The van der Waals surface area contributed by atoms with Crippen molar-refractivity contribution in [1.29, 1.82) is 0 Å². The van der Waals surface area contributed by atoms with E-state index in [0.29, 0.717) is 25.2 Å². The summed E-state index contributed by atoms with van der Waals surface area (Å²) < 4.78 is 5.38. The third-order valence-corrected chi connectivity index (χ3v) is 6.42. The van der Waals surface area contributed by atoms with Gasteiger partial charge in [0, 0.05) is 44.5 Å². The molecule has 29 heavy (non-hydrogen) atoms. The highest BCUT2D eigenvalue weighted by Gasteiger charge is 2.34. The minimum Gasteiger partial charge on any atom is -0.378 e. The van der Waals surface area contributed by atoms with Gasteiger partial charge in [0.2, 0.25) is 5.91 Å². The van der Waals surface area contributed by atoms with Crippen LogP contribution < -0.4 is 5.32 Å². The van der Waals surface area contributed by atoms with Crippen molar-refractivity contribution in [2.45, 2.75) is 31.7 Å². The number of nitrogens with one attached hydrogen (secondary N) is 1. The Kier molecular flexibility index (Phi) is 6.67. The van der Waals surface area contributed by atoms with Gasteiger partial charge < -0.3 is 19.9 Å². The summed E-state index contributed by atoms with van der Waals surface area (Å²) in [6.07, 6.45) is 4.02. The molecular weight excluding hydrogens is 368 g/mol. The minimum absolute atomic E-state index is 0.0198. The Morgan fingerprint density at radius 3 is 2.34 bits per heavy atom. The van der Waals surface area contributed by atoms with E-state index >= 15 is 0 Å². The highest BCUT2D eigenvalue weighted by molar-refractivity contribution is 5.89. The molecule has 0 unspecified atom stereocenters. The lowest BCUT2D eigenvalue weighted by molar-refractivity contribution is -0.141. The van der Waals surface area contributed by atoms with Crippen LogP contribution in [0.25, 0.3) is 0 Å². The maximum Gasteiger partial charge on any atom is 0.321 e. The van der Waals surface area contributed by atoms with Crippen LogP contribution >= 0.6 is 0 Å². The standard InChI is InChI=1S/C22H32N4O3/c27-21(24-13-15-29-16-14-24)18-5-4-10-26(17-18)20-8-11-25(12-9-20)22(28)23-19-6-2-1-3-7-19/h1-3,6-7,18,20H,4-5,8-17H2,(H,23,28)/t18-/m0/s1. The number of para-hydroxylation sites is 1. The van der Waals surface area contributed by atoms with Crippen molar-refractivity contribution in [2.24, 2.45) is 5.92 Å². The first-order valence-corrected chi connectivity index (χ1v) is 10.9. The fourth-order valence-electron chi connectivity index (χ4n) is 4.74. The van der Waals surface area contributed by atoms with Crippen LogP contribution in [-0.4, -0.2) is 85.2 Å². The van der Waals surface area contributed by atoms with E-state index in [1.807, 2.05) is 40.1 Å². The summed E-state index contributed by atoms with van der Waals surface area (Å²) in [5.41, 5.74) is 0.833. The Bertz CT molecular complexity index is 685. The molecule has 158 valence electrons. The Hall–Kier alpha value is -2.12. The van der Waals surface area contributed by atoms with Gasteiger partial charge in [-0.15, -0.1) is 0 Å². The van der Waals surface area contributed by atoms with Crippen molar-refractivity contribution in [1.82, 2.24) is 14.7 Å². The molecule has 0 saturated carbocycles. The fourth-order valence-corrected chi connectivity index (χ4v) is 4.74. The van der Waals surface area contributed by atoms with Gasteiger partial charge in [-0.2, -0.15) is 0 Å². The summed E-state index contributed by atoms with van der Waals surface area (Å²) >= 11 is 0. The second-order valence-corrected chi connectivity index (χ2v) is 8.29. The minimum atomic E-state index is -0.0198. The van der Waals surface area contributed by atoms with Crippen molar-refractivity contribution in [2.75, 3.05) is 57.8 Å². The lowest BCUT2D eigenvalue weighted by Gasteiger charge is -2.43. The predicted octanol–water partition coefficient (Wildman–Crippen LogP) is 2.25. The normalized spacial score (nSPS) is 24.3. The molecule has 1 aromatic carbocycles. The van der Waals surface area contributed by atoms with Crippen LogP contribution in [-0.2, 0) is 9.53 Å². The maximum absolute atomic E-state index is 12.9. The van der Waals surface area contributed by atoms with E-state index in [1.165, 1.54) is 0 Å². The Morgan fingerprint density at radius 2 is 1.62 bits per heavy atom. The first-order chi connectivity index (χ1) is 14.2. The molecule has 1 aromatic rings. The Morgan fingerprint density at radius 1 is 0.897 bits per heavy atom. The Labute approximate surface area is 173 Å². The van der Waals surface area contributed by atoms with Gasteiger partial charge in [-0.25, -0.2) is 4.79 Å². The van der Waals surface area contributed by atoms with Gasteiger partial charge in [0.05, 0.1) is 19.1 Å². The number of amides is 3. The van der Waals surface area contributed by atoms with Gasteiger partial charge >= 0.3 is 6.03 Å². The number of ether oxygens (including phenoxy) is 1. The van der Waals surface area contributed by atoms with Crippen molar-refractivity contribution in [3.63, 3.8) is 0 Å². The number of morpholine rings is 1. The second kappa shape index (κ2) is 9.59. The van der Waals surface area contributed by atoms with Crippen molar-refractivity contribution in [3.05, 3.63) is 30.3 Å². The number of likely N-dealkylation sites (tertiary alicyclic amines) is 2. The van der Waals surface area contributed by atoms with Crippen molar-refractivity contribution >= 4 is 17.6 Å². The molecule has 0 bridgehead atoms. The topological polar surface area (TPSA) is 65.1 Å². The summed E-state index contributed by atoms with van der Waals surface area (Å²) in [7, 11) is 0. The van der Waals surface area contributed by atoms with Gasteiger partial charge in [0.25, 0.3) is 0 Å². The smallest absolute Gasteiger partial charge is 0.321 e. The molecule has 4 rings (SSSR count). The van der Waals surface area contributed by atoms with E-state index in [0.717, 1.165) is 70.6 Å². The molecule has 0 radical (unpaired) electrons. The second-order valence-electron chi connectivity index (χ2n) is 8.29. The number of nitrogens with zero attached hydrogens (tertiary/aromatic N) is 3. The zero-order valence-electron chi connectivity index (χ0n) is 17.1. The number of carbonyl (C=O) groups is 2. The summed E-state index contributed by atoms with van der Waals surface area (Å²) in [5.74, 6) is 0.416. The van der Waals surface area contributed by atoms with Crippen molar-refractivity contribution < 1.29 is 14.3 Å². The number of piperidine rings is 2. The van der Waals surface area contributed by atoms with Crippen molar-refractivity contribution in [3.8, 4) is 0 Å². The van der Waals surface area contributed by atoms with Crippen LogP contribution in [0.1, 0.15) is 25.7 Å². The molecule has 3 amide bonds. The fraction of sp³-hybridized carbons (Fsp3) is 0.636. The molecule has 7 nitrogen and oxygen atoms in total. The summed E-state index contributed by atoms with van der Waals surface area (Å²) in [6.45, 7) is 6.22.